The van der Waals surface area contributed by atoms with Gasteiger partial charge in [0.2, 0.25) is 0 Å². The van der Waals surface area contributed by atoms with Crippen molar-refractivity contribution < 1.29 is 4.42 Å². The average molecular weight is 273 g/mol. The number of aromatic nitrogens is 1. The van der Waals surface area contributed by atoms with Crippen LogP contribution in [0, 0.1) is 13.8 Å². The maximum absolute atomic E-state index is 6.19. The largest absolute Gasteiger partial charge is 0.453 e. The molecule has 0 N–H and O–H groups in total. The molecule has 0 unspecified atom stereocenters. The molecule has 0 atom stereocenters. The molecule has 0 saturated heterocycles. The Labute approximate surface area is 123 Å². The fourth-order valence-electron chi connectivity index (χ4n) is 2.80. The van der Waals surface area contributed by atoms with Crippen LogP contribution in [-0.4, -0.2) is 4.98 Å². The molecule has 0 amide bonds. The van der Waals surface area contributed by atoms with E-state index in [1.165, 1.54) is 11.1 Å². The van der Waals surface area contributed by atoms with Gasteiger partial charge in [0.25, 0.3) is 0 Å². The standard InChI is InChI=1S/C19H15NO/c1-12-8-9-16-17-19(21-18(16)13(12)2)15(10-11-20-17)14-6-4-3-5-7-14/h3-11H,1-2H3. The van der Waals surface area contributed by atoms with E-state index >= 15 is 0 Å². The van der Waals surface area contributed by atoms with Gasteiger partial charge in [0.1, 0.15) is 11.1 Å². The molecule has 2 heterocycles. The number of aryl methyl sites for hydroxylation is 2. The van der Waals surface area contributed by atoms with Crippen LogP contribution in [0.25, 0.3) is 33.2 Å². The Bertz CT molecular complexity index is 952. The third-order valence-corrected chi connectivity index (χ3v) is 4.13. The summed E-state index contributed by atoms with van der Waals surface area (Å²) in [6, 6.07) is 16.5. The highest BCUT2D eigenvalue weighted by molar-refractivity contribution is 6.08. The number of fused-ring (bicyclic) bond motifs is 3. The highest BCUT2D eigenvalue weighted by atomic mass is 16.3. The lowest BCUT2D eigenvalue weighted by molar-refractivity contribution is 0.665. The third kappa shape index (κ3) is 1.76. The fraction of sp³-hybridized carbons (Fsp3) is 0.105. The Kier molecular flexibility index (Phi) is 2.58. The molecule has 4 aromatic rings. The van der Waals surface area contributed by atoms with Crippen LogP contribution in [0.5, 0.6) is 0 Å². The lowest BCUT2D eigenvalue weighted by Gasteiger charge is -2.01. The van der Waals surface area contributed by atoms with Crippen molar-refractivity contribution in [1.82, 2.24) is 4.98 Å². The average Bonchev–Trinajstić information content (AvgIpc) is 2.91. The molecule has 0 radical (unpaired) electrons. The lowest BCUT2D eigenvalue weighted by Crippen LogP contribution is -1.81. The summed E-state index contributed by atoms with van der Waals surface area (Å²) >= 11 is 0. The number of rotatable bonds is 1. The zero-order valence-corrected chi connectivity index (χ0v) is 12.1. The van der Waals surface area contributed by atoms with E-state index < -0.39 is 0 Å². The quantitative estimate of drug-likeness (QED) is 0.472. The number of furan rings is 1. The minimum absolute atomic E-state index is 0.868. The van der Waals surface area contributed by atoms with E-state index in [1.807, 2.05) is 30.5 Å². The maximum Gasteiger partial charge on any atom is 0.161 e. The van der Waals surface area contributed by atoms with E-state index in [9.17, 15) is 0 Å². The highest BCUT2D eigenvalue weighted by Gasteiger charge is 2.14. The number of hydrogen-bond acceptors (Lipinski definition) is 2. The normalized spacial score (nSPS) is 11.3. The zero-order valence-electron chi connectivity index (χ0n) is 12.1. The highest BCUT2D eigenvalue weighted by Crippen LogP contribution is 2.36. The Balaban J connectivity index is 2.13. The number of benzene rings is 2. The fourth-order valence-corrected chi connectivity index (χ4v) is 2.80. The topological polar surface area (TPSA) is 26.0 Å². The van der Waals surface area contributed by atoms with Gasteiger partial charge in [-0.05, 0) is 42.7 Å². The van der Waals surface area contributed by atoms with Gasteiger partial charge in [-0.15, -0.1) is 0 Å². The summed E-state index contributed by atoms with van der Waals surface area (Å²) in [6.07, 6.45) is 1.86. The number of nitrogens with zero attached hydrogens (tertiary/aromatic N) is 1. The van der Waals surface area contributed by atoms with Crippen LogP contribution in [0.4, 0.5) is 0 Å². The second kappa shape index (κ2) is 4.45. The van der Waals surface area contributed by atoms with Crippen molar-refractivity contribution in [2.75, 3.05) is 0 Å². The summed E-state index contributed by atoms with van der Waals surface area (Å²) in [7, 11) is 0. The van der Waals surface area contributed by atoms with Crippen LogP contribution < -0.4 is 0 Å². The molecule has 21 heavy (non-hydrogen) atoms. The van der Waals surface area contributed by atoms with Gasteiger partial charge >= 0.3 is 0 Å². The predicted molar refractivity (Wildman–Crippen MR) is 86.4 cm³/mol. The van der Waals surface area contributed by atoms with Gasteiger partial charge in [-0.3, -0.25) is 4.98 Å². The monoisotopic (exact) mass is 273 g/mol. The first kappa shape index (κ1) is 12.2. The van der Waals surface area contributed by atoms with Crippen molar-refractivity contribution in [3.8, 4) is 11.1 Å². The molecular weight excluding hydrogens is 258 g/mol. The van der Waals surface area contributed by atoms with Crippen LogP contribution in [0.2, 0.25) is 0 Å². The molecule has 2 nitrogen and oxygen atoms in total. The first-order valence-electron chi connectivity index (χ1n) is 7.08. The molecule has 0 saturated carbocycles. The lowest BCUT2D eigenvalue weighted by atomic mass is 10.0. The Morgan fingerprint density at radius 3 is 2.48 bits per heavy atom. The van der Waals surface area contributed by atoms with Crippen molar-refractivity contribution in [3.05, 3.63) is 65.9 Å². The maximum atomic E-state index is 6.19. The first-order valence-corrected chi connectivity index (χ1v) is 7.08. The van der Waals surface area contributed by atoms with E-state index in [-0.39, 0.29) is 0 Å². The van der Waals surface area contributed by atoms with E-state index in [2.05, 4.69) is 43.1 Å². The Hall–Kier alpha value is -2.61. The summed E-state index contributed by atoms with van der Waals surface area (Å²) in [6.45, 7) is 4.20. The van der Waals surface area contributed by atoms with Crippen LogP contribution in [0.15, 0.2) is 59.1 Å². The van der Waals surface area contributed by atoms with Gasteiger partial charge < -0.3 is 4.42 Å². The molecule has 0 bridgehead atoms. The minimum atomic E-state index is 0.868. The number of hydrogen-bond donors (Lipinski definition) is 0. The van der Waals surface area contributed by atoms with E-state index in [0.717, 1.165) is 33.2 Å². The molecule has 2 heteroatoms. The van der Waals surface area contributed by atoms with Crippen LogP contribution in [0.3, 0.4) is 0 Å². The van der Waals surface area contributed by atoms with Crippen molar-refractivity contribution in [2.45, 2.75) is 13.8 Å². The molecule has 2 aromatic heterocycles. The molecule has 0 fully saturated rings. The van der Waals surface area contributed by atoms with E-state index in [0.29, 0.717) is 0 Å². The van der Waals surface area contributed by atoms with Crippen LogP contribution in [-0.2, 0) is 0 Å². The van der Waals surface area contributed by atoms with Gasteiger partial charge in [-0.25, -0.2) is 0 Å². The molecule has 2 aromatic carbocycles. The minimum Gasteiger partial charge on any atom is -0.453 e. The Morgan fingerprint density at radius 2 is 1.67 bits per heavy atom. The third-order valence-electron chi connectivity index (χ3n) is 4.13. The van der Waals surface area contributed by atoms with Gasteiger partial charge in [0, 0.05) is 17.1 Å². The molecule has 0 aliphatic rings. The van der Waals surface area contributed by atoms with Crippen LogP contribution >= 0.6 is 0 Å². The van der Waals surface area contributed by atoms with Crippen molar-refractivity contribution in [2.24, 2.45) is 0 Å². The summed E-state index contributed by atoms with van der Waals surface area (Å²) < 4.78 is 6.19. The van der Waals surface area contributed by atoms with Gasteiger partial charge in [0.15, 0.2) is 5.58 Å². The SMILES string of the molecule is Cc1ccc2c(oc3c(-c4ccccc4)ccnc32)c1C. The van der Waals surface area contributed by atoms with Crippen molar-refractivity contribution in [1.29, 1.82) is 0 Å². The summed E-state index contributed by atoms with van der Waals surface area (Å²) in [5, 5.41) is 1.09. The van der Waals surface area contributed by atoms with Gasteiger partial charge in [-0.1, -0.05) is 36.4 Å². The molecule has 0 aliphatic heterocycles. The Morgan fingerprint density at radius 1 is 0.857 bits per heavy atom. The second-order valence-electron chi connectivity index (χ2n) is 5.39. The summed E-state index contributed by atoms with van der Waals surface area (Å²) in [5.74, 6) is 0. The van der Waals surface area contributed by atoms with E-state index in [1.54, 1.807) is 0 Å². The van der Waals surface area contributed by atoms with Crippen LogP contribution in [0.1, 0.15) is 11.1 Å². The second-order valence-corrected chi connectivity index (χ2v) is 5.39. The summed E-state index contributed by atoms with van der Waals surface area (Å²) in [4.78, 5) is 4.53. The zero-order chi connectivity index (χ0) is 14.4. The van der Waals surface area contributed by atoms with Crippen molar-refractivity contribution in [3.63, 3.8) is 0 Å². The van der Waals surface area contributed by atoms with Gasteiger partial charge in [0.05, 0.1) is 0 Å². The predicted octanol–water partition coefficient (Wildman–Crippen LogP) is 5.26. The molecular formula is C19H15NO. The number of pyridine rings is 1. The van der Waals surface area contributed by atoms with Crippen molar-refractivity contribution >= 4 is 22.1 Å². The molecule has 102 valence electrons. The summed E-state index contributed by atoms with van der Waals surface area (Å²) in [5.41, 5.74) is 7.42. The smallest absolute Gasteiger partial charge is 0.161 e. The molecule has 4 rings (SSSR count). The molecule has 0 spiro atoms. The first-order chi connectivity index (χ1) is 10.3. The van der Waals surface area contributed by atoms with Gasteiger partial charge in [-0.2, -0.15) is 0 Å². The molecule has 0 aliphatic carbocycles. The van der Waals surface area contributed by atoms with E-state index in [4.69, 9.17) is 4.42 Å².